The molecule has 0 rings (SSSR count). The number of ether oxygens (including phenoxy) is 1. The van der Waals surface area contributed by atoms with E-state index in [2.05, 4.69) is 39.5 Å². The van der Waals surface area contributed by atoms with Crippen LogP contribution in [-0.2, 0) is 9.53 Å². The van der Waals surface area contributed by atoms with Gasteiger partial charge in [0.15, 0.2) is 0 Å². The fourth-order valence-corrected chi connectivity index (χ4v) is 2.71. The van der Waals surface area contributed by atoms with Gasteiger partial charge in [0, 0.05) is 6.08 Å². The van der Waals surface area contributed by atoms with E-state index in [4.69, 9.17) is 4.74 Å². The van der Waals surface area contributed by atoms with Gasteiger partial charge in [-0.2, -0.15) is 0 Å². The summed E-state index contributed by atoms with van der Waals surface area (Å²) in [5.74, 6) is 0.217. The highest BCUT2D eigenvalue weighted by Crippen LogP contribution is 2.25. The molecule has 2 atom stereocenters. The third-order valence-electron chi connectivity index (χ3n) is 3.79. The Morgan fingerprint density at radius 3 is 2.33 bits per heavy atom. The van der Waals surface area contributed by atoms with Crippen LogP contribution in [0.15, 0.2) is 24.8 Å². The predicted molar refractivity (Wildman–Crippen MR) is 91.3 cm³/mol. The number of hydrogen-bond acceptors (Lipinski definition) is 2. The lowest BCUT2D eigenvalue weighted by atomic mass is 9.89. The van der Waals surface area contributed by atoms with E-state index in [9.17, 15) is 4.79 Å². The fourth-order valence-electron chi connectivity index (χ4n) is 2.71. The molecule has 0 saturated heterocycles. The molecule has 0 radical (unpaired) electrons. The molecule has 0 aromatic carbocycles. The van der Waals surface area contributed by atoms with E-state index in [1.54, 1.807) is 0 Å². The van der Waals surface area contributed by atoms with Crippen LogP contribution in [-0.4, -0.2) is 12.1 Å². The molecule has 21 heavy (non-hydrogen) atoms. The lowest BCUT2D eigenvalue weighted by Crippen LogP contribution is -2.26. The highest BCUT2D eigenvalue weighted by molar-refractivity contribution is 5.81. The first-order chi connectivity index (χ1) is 10.2. The van der Waals surface area contributed by atoms with E-state index >= 15 is 0 Å². The van der Waals surface area contributed by atoms with Gasteiger partial charge in [-0.1, -0.05) is 58.8 Å². The summed E-state index contributed by atoms with van der Waals surface area (Å²) in [6.45, 7) is 10.0. The van der Waals surface area contributed by atoms with Crippen molar-refractivity contribution in [2.75, 3.05) is 0 Å². The first-order valence-corrected chi connectivity index (χ1v) is 8.67. The molecule has 0 spiro atoms. The summed E-state index contributed by atoms with van der Waals surface area (Å²) in [6.07, 6.45) is 16.0. The summed E-state index contributed by atoms with van der Waals surface area (Å²) in [7, 11) is 0. The second-order valence-corrected chi connectivity index (χ2v) is 5.68. The van der Waals surface area contributed by atoms with Gasteiger partial charge < -0.3 is 4.74 Å². The summed E-state index contributed by atoms with van der Waals surface area (Å²) in [6, 6.07) is 0. The normalized spacial score (nSPS) is 14.0. The minimum absolute atomic E-state index is 0.0617. The van der Waals surface area contributed by atoms with E-state index < -0.39 is 0 Å². The molecule has 0 N–H and O–H groups in total. The van der Waals surface area contributed by atoms with Crippen molar-refractivity contribution in [3.63, 3.8) is 0 Å². The maximum atomic E-state index is 11.5. The number of rotatable bonds is 13. The Bertz CT molecular complexity index is 294. The van der Waals surface area contributed by atoms with Gasteiger partial charge in [0.25, 0.3) is 0 Å². The molecule has 0 aromatic rings. The monoisotopic (exact) mass is 294 g/mol. The average molecular weight is 294 g/mol. The Morgan fingerprint density at radius 2 is 1.76 bits per heavy atom. The standard InChI is InChI=1S/C19H34O2/c1-5-9-10-11-12-13-16-17(14-6-2)18(15-7-3)21-19(20)8-4/h8-10,17-18H,4-7,11-16H2,1-3H3. The van der Waals surface area contributed by atoms with E-state index in [1.165, 1.54) is 18.9 Å². The van der Waals surface area contributed by atoms with Gasteiger partial charge in [0.05, 0.1) is 0 Å². The van der Waals surface area contributed by atoms with E-state index in [1.807, 2.05) is 0 Å². The highest BCUT2D eigenvalue weighted by Gasteiger charge is 2.22. The topological polar surface area (TPSA) is 26.3 Å². The van der Waals surface area contributed by atoms with E-state index in [-0.39, 0.29) is 12.1 Å². The number of allylic oxidation sites excluding steroid dienone is 2. The van der Waals surface area contributed by atoms with Crippen molar-refractivity contribution in [3.05, 3.63) is 24.8 Å². The third-order valence-corrected chi connectivity index (χ3v) is 3.79. The van der Waals surface area contributed by atoms with Crippen molar-refractivity contribution < 1.29 is 9.53 Å². The number of unbranched alkanes of at least 4 members (excludes halogenated alkanes) is 2. The molecule has 0 amide bonds. The first kappa shape index (κ1) is 19.9. The number of carbonyl (C=O) groups excluding carboxylic acids is 1. The summed E-state index contributed by atoms with van der Waals surface area (Å²) in [5.41, 5.74) is 0. The van der Waals surface area contributed by atoms with Crippen molar-refractivity contribution in [2.24, 2.45) is 5.92 Å². The van der Waals surface area contributed by atoms with Crippen LogP contribution in [0, 0.1) is 5.92 Å². The smallest absolute Gasteiger partial charge is 0.330 e. The quantitative estimate of drug-likeness (QED) is 0.185. The van der Waals surface area contributed by atoms with Crippen LogP contribution in [0.2, 0.25) is 0 Å². The van der Waals surface area contributed by atoms with Gasteiger partial charge >= 0.3 is 5.97 Å². The van der Waals surface area contributed by atoms with E-state index in [0.29, 0.717) is 5.92 Å². The average Bonchev–Trinajstić information content (AvgIpc) is 2.49. The lowest BCUT2D eigenvalue weighted by Gasteiger charge is -2.26. The lowest BCUT2D eigenvalue weighted by molar-refractivity contribution is -0.146. The molecular formula is C19H34O2. The van der Waals surface area contributed by atoms with Gasteiger partial charge in [-0.15, -0.1) is 0 Å². The van der Waals surface area contributed by atoms with Gasteiger partial charge in [-0.3, -0.25) is 0 Å². The van der Waals surface area contributed by atoms with Crippen molar-refractivity contribution in [2.45, 2.75) is 84.7 Å². The van der Waals surface area contributed by atoms with Crippen molar-refractivity contribution in [1.82, 2.24) is 0 Å². The second-order valence-electron chi connectivity index (χ2n) is 5.68. The van der Waals surface area contributed by atoms with Gasteiger partial charge in [-0.25, -0.2) is 4.79 Å². The Labute approximate surface area is 131 Å². The Morgan fingerprint density at radius 1 is 1.05 bits per heavy atom. The van der Waals surface area contributed by atoms with Crippen LogP contribution in [0.1, 0.15) is 78.6 Å². The van der Waals surface area contributed by atoms with Crippen LogP contribution in [0.25, 0.3) is 0 Å². The zero-order valence-corrected chi connectivity index (χ0v) is 14.3. The zero-order chi connectivity index (χ0) is 15.9. The number of esters is 1. The first-order valence-electron chi connectivity index (χ1n) is 8.67. The minimum Gasteiger partial charge on any atom is -0.459 e. The van der Waals surface area contributed by atoms with E-state index in [0.717, 1.165) is 44.9 Å². The van der Waals surface area contributed by atoms with Crippen molar-refractivity contribution in [1.29, 1.82) is 0 Å². The predicted octanol–water partition coefficient (Wildman–Crippen LogP) is 5.83. The Hall–Kier alpha value is -1.05. The number of carbonyl (C=O) groups is 1. The molecule has 122 valence electrons. The summed E-state index contributed by atoms with van der Waals surface area (Å²) >= 11 is 0. The molecule has 0 bridgehead atoms. The van der Waals surface area contributed by atoms with Crippen LogP contribution in [0.5, 0.6) is 0 Å². The van der Waals surface area contributed by atoms with Crippen molar-refractivity contribution in [3.8, 4) is 0 Å². The highest BCUT2D eigenvalue weighted by atomic mass is 16.5. The van der Waals surface area contributed by atoms with Gasteiger partial charge in [0.2, 0.25) is 0 Å². The van der Waals surface area contributed by atoms with Crippen LogP contribution < -0.4 is 0 Å². The maximum Gasteiger partial charge on any atom is 0.330 e. The molecule has 2 heteroatoms. The molecule has 0 aromatic heterocycles. The zero-order valence-electron chi connectivity index (χ0n) is 14.3. The molecule has 0 saturated carbocycles. The Kier molecular flexibility index (Phi) is 13.2. The summed E-state index contributed by atoms with van der Waals surface area (Å²) in [5, 5.41) is 0. The second kappa shape index (κ2) is 13.9. The van der Waals surface area contributed by atoms with Crippen molar-refractivity contribution >= 4 is 5.97 Å². The fraction of sp³-hybridized carbons (Fsp3) is 0.737. The molecule has 0 aliphatic carbocycles. The molecule has 0 heterocycles. The van der Waals surface area contributed by atoms with Gasteiger partial charge in [-0.05, 0) is 44.4 Å². The summed E-state index contributed by atoms with van der Waals surface area (Å²) in [4.78, 5) is 11.5. The molecular weight excluding hydrogens is 260 g/mol. The molecule has 0 aliphatic rings. The van der Waals surface area contributed by atoms with Crippen LogP contribution in [0.4, 0.5) is 0 Å². The Balaban J connectivity index is 4.33. The minimum atomic E-state index is -0.277. The summed E-state index contributed by atoms with van der Waals surface area (Å²) < 4.78 is 5.58. The van der Waals surface area contributed by atoms with Gasteiger partial charge in [0.1, 0.15) is 6.10 Å². The molecule has 2 nitrogen and oxygen atoms in total. The van der Waals surface area contributed by atoms with Crippen LogP contribution in [0.3, 0.4) is 0 Å². The van der Waals surface area contributed by atoms with Crippen LogP contribution >= 0.6 is 0 Å². The SMILES string of the molecule is C=CC(=O)OC(CCC)C(CCC)CCCCC=CCC. The third kappa shape index (κ3) is 10.3. The maximum absolute atomic E-state index is 11.5. The number of hydrogen-bond donors (Lipinski definition) is 0. The molecule has 0 fully saturated rings. The molecule has 2 unspecified atom stereocenters. The largest absolute Gasteiger partial charge is 0.459 e. The molecule has 0 aliphatic heterocycles.